The van der Waals surface area contributed by atoms with Crippen LogP contribution in [0.4, 0.5) is 35.1 Å². The van der Waals surface area contributed by atoms with E-state index in [-0.39, 0.29) is 11.0 Å². The van der Waals surface area contributed by atoms with Crippen molar-refractivity contribution in [2.75, 3.05) is 0 Å². The Hall–Kier alpha value is -8.90. The van der Waals surface area contributed by atoms with Gasteiger partial charge in [0.2, 0.25) is 5.82 Å². The van der Waals surface area contributed by atoms with Gasteiger partial charge in [0.25, 0.3) is 0 Å². The Morgan fingerprint density at radius 3 is 1.11 bits per heavy atom. The van der Waals surface area contributed by atoms with Gasteiger partial charge in [-0.15, -0.1) is 0 Å². The number of nitrogens with zero attached hydrogens (tertiary/aromatic N) is 4. The molecule has 0 fully saturated rings. The second kappa shape index (κ2) is 16.7. The lowest BCUT2D eigenvalue weighted by atomic mass is 9.96. The summed E-state index contributed by atoms with van der Waals surface area (Å²) >= 11 is 0. The van der Waals surface area contributed by atoms with Gasteiger partial charge < -0.3 is 9.13 Å². The lowest BCUT2D eigenvalue weighted by Gasteiger charge is -2.23. The van der Waals surface area contributed by atoms with Crippen LogP contribution in [0, 0.1) is 29.1 Å². The van der Waals surface area contributed by atoms with Gasteiger partial charge >= 0.3 is 6.18 Å². The van der Waals surface area contributed by atoms with Crippen molar-refractivity contribution < 1.29 is 35.1 Å². The van der Waals surface area contributed by atoms with Crippen LogP contribution in [0.2, 0.25) is 0 Å². The molecule has 4 heterocycles. The first-order valence-electron chi connectivity index (χ1n) is 22.3. The number of rotatable bonds is 7. The van der Waals surface area contributed by atoms with E-state index in [9.17, 15) is 4.39 Å². The average Bonchev–Trinajstić information content (AvgIpc) is 3.92. The molecule has 4 aromatic heterocycles. The van der Waals surface area contributed by atoms with Gasteiger partial charge in [-0.3, -0.25) is 9.97 Å². The topological polar surface area (TPSA) is 35.6 Å². The van der Waals surface area contributed by atoms with Crippen LogP contribution in [0.5, 0.6) is 0 Å². The molecule has 344 valence electrons. The highest BCUT2D eigenvalue weighted by molar-refractivity contribution is 6.13. The Bertz CT molecular complexity index is 3820. The lowest BCUT2D eigenvalue weighted by molar-refractivity contribution is -0.137. The maximum absolute atomic E-state index is 16.7. The number of pyridine rings is 2. The molecular weight excluding hydrogens is 917 g/mol. The van der Waals surface area contributed by atoms with Crippen molar-refractivity contribution >= 4 is 43.6 Å². The monoisotopic (exact) mass is 948 g/mol. The van der Waals surface area contributed by atoms with Crippen LogP contribution in [-0.4, -0.2) is 19.1 Å². The zero-order valence-corrected chi connectivity index (χ0v) is 36.8. The first-order valence-corrected chi connectivity index (χ1v) is 22.3. The van der Waals surface area contributed by atoms with E-state index in [1.807, 2.05) is 97.1 Å². The normalized spacial score (nSPS) is 11.9. The van der Waals surface area contributed by atoms with Crippen LogP contribution >= 0.6 is 0 Å². The molecule has 0 N–H and O–H groups in total. The Morgan fingerprint density at radius 2 is 0.704 bits per heavy atom. The molecule has 8 aromatic carbocycles. The second-order valence-corrected chi connectivity index (χ2v) is 17.1. The number of hydrogen-bond donors (Lipinski definition) is 0. The molecule has 0 saturated heterocycles. The van der Waals surface area contributed by atoms with Crippen molar-refractivity contribution in [1.82, 2.24) is 19.1 Å². The molecule has 0 aliphatic heterocycles. The number of para-hydroxylation sites is 2. The van der Waals surface area contributed by atoms with Crippen molar-refractivity contribution in [3.8, 4) is 67.3 Å². The Kier molecular flexibility index (Phi) is 10.2. The molecule has 0 aliphatic rings. The number of aromatic nitrogens is 4. The van der Waals surface area contributed by atoms with Crippen molar-refractivity contribution in [2.24, 2.45) is 0 Å². The molecule has 0 atom stereocenters. The van der Waals surface area contributed by atoms with Crippen LogP contribution < -0.4 is 0 Å². The zero-order valence-electron chi connectivity index (χ0n) is 36.8. The van der Waals surface area contributed by atoms with Crippen LogP contribution in [0.15, 0.2) is 194 Å². The average molecular weight is 949 g/mol. The van der Waals surface area contributed by atoms with Crippen LogP contribution in [0.25, 0.3) is 111 Å². The largest absolute Gasteiger partial charge is 0.416 e. The van der Waals surface area contributed by atoms with Gasteiger partial charge in [0.05, 0.1) is 56.0 Å². The molecule has 0 aliphatic carbocycles. The minimum absolute atomic E-state index is 0.290. The van der Waals surface area contributed by atoms with Crippen LogP contribution in [0.3, 0.4) is 0 Å². The highest BCUT2D eigenvalue weighted by Crippen LogP contribution is 2.48. The summed E-state index contributed by atoms with van der Waals surface area (Å²) in [5, 5.41) is 2.14. The number of halogens is 8. The van der Waals surface area contributed by atoms with Gasteiger partial charge in [-0.05, 0) is 71.8 Å². The molecule has 4 nitrogen and oxygen atoms in total. The lowest BCUT2D eigenvalue weighted by Crippen LogP contribution is -2.13. The van der Waals surface area contributed by atoms with E-state index >= 15 is 30.7 Å². The maximum Gasteiger partial charge on any atom is 0.416 e. The highest BCUT2D eigenvalue weighted by Gasteiger charge is 2.37. The number of hydrogen-bond acceptors (Lipinski definition) is 2. The third-order valence-electron chi connectivity index (χ3n) is 13.0. The third-order valence-corrected chi connectivity index (χ3v) is 13.0. The zero-order chi connectivity index (χ0) is 48.7. The summed E-state index contributed by atoms with van der Waals surface area (Å²) in [6.07, 6.45) is -1.67. The number of benzene rings is 8. The molecule has 71 heavy (non-hydrogen) atoms. The van der Waals surface area contributed by atoms with E-state index in [1.165, 1.54) is 9.13 Å². The number of alkyl halides is 3. The molecular formula is C59H32F8N4. The third kappa shape index (κ3) is 7.12. The standard InChI is InChI=1S/C59H32F8N4/c60-54-53(55(61)57(63)58(64)56(54)62)52-50(70-46-17-9-7-15-40(46)42-27-35(21-25-48(42)70)37-19-23-44(68-31-37)33-11-3-1-4-12-33)29-39(59(65,66)67)30-51(52)71-47-18-10-8-16-41(47)43-28-36(22-26-49(43)71)38-20-24-45(69-32-38)34-13-5-2-6-14-34/h1-32H. The molecule has 0 spiro atoms. The first-order chi connectivity index (χ1) is 34.4. The van der Waals surface area contributed by atoms with E-state index in [4.69, 9.17) is 0 Å². The Morgan fingerprint density at radius 1 is 0.324 bits per heavy atom. The number of fused-ring (bicyclic) bond motifs is 6. The van der Waals surface area contributed by atoms with Crippen molar-refractivity contribution in [3.05, 3.63) is 229 Å². The van der Waals surface area contributed by atoms with E-state index in [1.54, 1.807) is 85.2 Å². The second-order valence-electron chi connectivity index (χ2n) is 17.1. The molecule has 0 amide bonds. The van der Waals surface area contributed by atoms with Crippen molar-refractivity contribution in [3.63, 3.8) is 0 Å². The Labute approximate surface area is 399 Å². The quantitative estimate of drug-likeness (QED) is 0.0907. The van der Waals surface area contributed by atoms with Crippen LogP contribution in [0.1, 0.15) is 5.56 Å². The molecule has 12 aromatic rings. The van der Waals surface area contributed by atoms with Gasteiger partial charge in [0, 0.05) is 61.8 Å². The molecule has 0 bridgehead atoms. The summed E-state index contributed by atoms with van der Waals surface area (Å²) in [5.74, 6) is -11.4. The smallest absolute Gasteiger partial charge is 0.309 e. The van der Waals surface area contributed by atoms with Crippen molar-refractivity contribution in [1.29, 1.82) is 0 Å². The molecule has 0 radical (unpaired) electrons. The molecule has 0 saturated carbocycles. The van der Waals surface area contributed by atoms with E-state index in [2.05, 4.69) is 9.97 Å². The van der Waals surface area contributed by atoms with Gasteiger partial charge in [-0.2, -0.15) is 13.2 Å². The first kappa shape index (κ1) is 43.4. The fourth-order valence-electron chi connectivity index (χ4n) is 9.72. The van der Waals surface area contributed by atoms with E-state index < -0.39 is 63.3 Å². The highest BCUT2D eigenvalue weighted by atomic mass is 19.4. The van der Waals surface area contributed by atoms with Crippen molar-refractivity contribution in [2.45, 2.75) is 6.18 Å². The van der Waals surface area contributed by atoms with Gasteiger partial charge in [0.15, 0.2) is 23.3 Å². The Balaban J connectivity index is 1.14. The predicted octanol–water partition coefficient (Wildman–Crippen LogP) is 16.7. The maximum atomic E-state index is 16.7. The fourth-order valence-corrected chi connectivity index (χ4v) is 9.72. The summed E-state index contributed by atoms with van der Waals surface area (Å²) in [7, 11) is 0. The van der Waals surface area contributed by atoms with Gasteiger partial charge in [-0.25, -0.2) is 22.0 Å². The van der Waals surface area contributed by atoms with Gasteiger partial charge in [-0.1, -0.05) is 121 Å². The summed E-state index contributed by atoms with van der Waals surface area (Å²) in [5.41, 5.74) is 3.03. The predicted molar refractivity (Wildman–Crippen MR) is 263 cm³/mol. The minimum Gasteiger partial charge on any atom is -0.309 e. The minimum atomic E-state index is -5.08. The summed E-state index contributed by atoms with van der Waals surface area (Å²) < 4.78 is 129. The summed E-state index contributed by atoms with van der Waals surface area (Å²) in [4.78, 5) is 9.34. The molecule has 0 unspecified atom stereocenters. The van der Waals surface area contributed by atoms with E-state index in [0.717, 1.165) is 33.6 Å². The van der Waals surface area contributed by atoms with Gasteiger partial charge in [0.1, 0.15) is 0 Å². The molecule has 12 heteroatoms. The van der Waals surface area contributed by atoms with Crippen LogP contribution in [-0.2, 0) is 6.18 Å². The summed E-state index contributed by atoms with van der Waals surface area (Å²) in [6.45, 7) is 0. The summed E-state index contributed by atoms with van der Waals surface area (Å²) in [6, 6.07) is 52.0. The van der Waals surface area contributed by atoms with E-state index in [0.29, 0.717) is 55.8 Å². The SMILES string of the molecule is Fc1c(F)c(F)c(-c2c(-n3c4ccccc4c4cc(-c5ccc(-c6ccccc6)nc5)ccc43)cc(C(F)(F)F)cc2-n2c3ccccc3c3cc(-c4ccc(-c5ccccc5)nc4)ccc32)c(F)c1F. The fraction of sp³-hybridized carbons (Fsp3) is 0.0169. The molecule has 12 rings (SSSR count).